The molecule has 1 fully saturated rings. The fourth-order valence-corrected chi connectivity index (χ4v) is 6.73. The number of thiophene rings is 1. The lowest BCUT2D eigenvalue weighted by atomic mass is 10.1. The summed E-state index contributed by atoms with van der Waals surface area (Å²) in [7, 11) is -3.60. The van der Waals surface area contributed by atoms with Crippen LogP contribution in [0.1, 0.15) is 33.4 Å². The number of Topliss-reactive ketones (excluding diaryl/α,β-unsaturated/α-hetero) is 1. The quantitative estimate of drug-likeness (QED) is 0.536. The van der Waals surface area contributed by atoms with Crippen molar-refractivity contribution in [3.05, 3.63) is 52.0 Å². The van der Waals surface area contributed by atoms with Gasteiger partial charge in [0.2, 0.25) is 10.0 Å². The largest absolute Gasteiger partial charge is 0.369 e. The Hall–Kier alpha value is -2.49. The van der Waals surface area contributed by atoms with Gasteiger partial charge in [0.05, 0.1) is 15.5 Å². The van der Waals surface area contributed by atoms with Crippen LogP contribution in [0.2, 0.25) is 0 Å². The Bertz CT molecular complexity index is 1220. The van der Waals surface area contributed by atoms with E-state index in [1.807, 2.05) is 45.0 Å². The van der Waals surface area contributed by atoms with E-state index in [1.165, 1.54) is 11.3 Å². The summed E-state index contributed by atoms with van der Waals surface area (Å²) in [6.07, 6.45) is 0. The number of ketones is 1. The zero-order chi connectivity index (χ0) is 22.3. The molecule has 1 aliphatic rings. The van der Waals surface area contributed by atoms with Gasteiger partial charge in [-0.25, -0.2) is 8.42 Å². The first kappa shape index (κ1) is 21.7. The van der Waals surface area contributed by atoms with Gasteiger partial charge in [0.25, 0.3) is 0 Å². The molecule has 9 heteroatoms. The molecule has 1 aromatic carbocycles. The first-order chi connectivity index (χ1) is 14.7. The highest BCUT2D eigenvalue weighted by atomic mass is 32.2. The van der Waals surface area contributed by atoms with Gasteiger partial charge in [-0.05, 0) is 58.0 Å². The van der Waals surface area contributed by atoms with E-state index >= 15 is 0 Å². The van der Waals surface area contributed by atoms with Gasteiger partial charge >= 0.3 is 0 Å². The van der Waals surface area contributed by atoms with Crippen LogP contribution in [0.5, 0.6) is 0 Å². The minimum absolute atomic E-state index is 0.0312. The molecule has 164 valence electrons. The van der Waals surface area contributed by atoms with Crippen molar-refractivity contribution < 1.29 is 17.7 Å². The first-order valence-corrected chi connectivity index (χ1v) is 12.3. The van der Waals surface area contributed by atoms with E-state index in [1.54, 1.807) is 17.3 Å². The Kier molecular flexibility index (Phi) is 5.76. The second-order valence-corrected chi connectivity index (χ2v) is 10.9. The predicted octanol–water partition coefficient (Wildman–Crippen LogP) is 4.04. The lowest BCUT2D eigenvalue weighted by molar-refractivity contribution is 0.101. The minimum Gasteiger partial charge on any atom is -0.369 e. The number of nitrogens with zero attached hydrogens (tertiary/aromatic N) is 3. The SMILES string of the molecule is CC(=O)c1ccc(N2CCN(S(=O)(=O)c3cc(-c4onc(C)c4C)sc3C)CC2)cc1. The fraction of sp³-hybridized carbons (Fsp3) is 0.364. The van der Waals surface area contributed by atoms with Crippen molar-refractivity contribution in [1.29, 1.82) is 0 Å². The molecule has 3 heterocycles. The number of sulfonamides is 1. The molecule has 2 aromatic heterocycles. The average molecular weight is 460 g/mol. The van der Waals surface area contributed by atoms with E-state index in [2.05, 4.69) is 10.1 Å². The van der Waals surface area contributed by atoms with Crippen LogP contribution in [0.25, 0.3) is 10.6 Å². The van der Waals surface area contributed by atoms with Crippen LogP contribution in [0.3, 0.4) is 0 Å². The molecule has 0 spiro atoms. The molecular formula is C22H25N3O4S2. The Labute approximate surface area is 186 Å². The van der Waals surface area contributed by atoms with Gasteiger partial charge in [-0.2, -0.15) is 4.31 Å². The van der Waals surface area contributed by atoms with Crippen LogP contribution in [0.15, 0.2) is 39.8 Å². The molecule has 0 aliphatic carbocycles. The number of anilines is 1. The van der Waals surface area contributed by atoms with Crippen LogP contribution in [0, 0.1) is 20.8 Å². The maximum Gasteiger partial charge on any atom is 0.244 e. The molecule has 0 saturated carbocycles. The molecule has 0 atom stereocenters. The summed E-state index contributed by atoms with van der Waals surface area (Å²) >= 11 is 1.41. The standard InChI is InChI=1S/C22H25N3O4S2/c1-14-15(2)23-29-22(14)20-13-21(17(4)30-20)31(27,28)25-11-9-24(10-12-25)19-7-5-18(6-8-19)16(3)26/h5-8,13H,9-12H2,1-4H3. The molecular weight excluding hydrogens is 434 g/mol. The van der Waals surface area contributed by atoms with E-state index in [4.69, 9.17) is 4.52 Å². The zero-order valence-corrected chi connectivity index (χ0v) is 19.6. The smallest absolute Gasteiger partial charge is 0.244 e. The van der Waals surface area contributed by atoms with Crippen molar-refractivity contribution in [2.24, 2.45) is 0 Å². The summed E-state index contributed by atoms with van der Waals surface area (Å²) in [5, 5.41) is 3.98. The predicted molar refractivity (Wildman–Crippen MR) is 121 cm³/mol. The normalized spacial score (nSPS) is 15.4. The van der Waals surface area contributed by atoms with E-state index in [9.17, 15) is 13.2 Å². The van der Waals surface area contributed by atoms with Crippen molar-refractivity contribution in [3.63, 3.8) is 0 Å². The second kappa shape index (κ2) is 8.22. The van der Waals surface area contributed by atoms with Crippen LogP contribution < -0.4 is 4.90 Å². The molecule has 3 aromatic rings. The number of aromatic nitrogens is 1. The number of hydrogen-bond acceptors (Lipinski definition) is 7. The van der Waals surface area contributed by atoms with Crippen molar-refractivity contribution in [3.8, 4) is 10.6 Å². The van der Waals surface area contributed by atoms with Crippen molar-refractivity contribution in [1.82, 2.24) is 9.46 Å². The third-order valence-electron chi connectivity index (χ3n) is 5.75. The molecule has 31 heavy (non-hydrogen) atoms. The van der Waals surface area contributed by atoms with Gasteiger partial charge in [0.1, 0.15) is 0 Å². The molecule has 0 bridgehead atoms. The number of piperazine rings is 1. The Morgan fingerprint density at radius 2 is 1.71 bits per heavy atom. The van der Waals surface area contributed by atoms with Gasteiger partial charge in [0, 0.05) is 47.9 Å². The summed E-state index contributed by atoms with van der Waals surface area (Å²) in [5.74, 6) is 0.662. The molecule has 4 rings (SSSR count). The molecule has 7 nitrogen and oxygen atoms in total. The molecule has 0 unspecified atom stereocenters. The lowest BCUT2D eigenvalue weighted by Crippen LogP contribution is -2.48. The summed E-state index contributed by atoms with van der Waals surface area (Å²) in [6, 6.07) is 9.15. The maximum absolute atomic E-state index is 13.3. The minimum atomic E-state index is -3.60. The van der Waals surface area contributed by atoms with Crippen LogP contribution >= 0.6 is 11.3 Å². The number of benzene rings is 1. The Morgan fingerprint density at radius 3 is 2.26 bits per heavy atom. The summed E-state index contributed by atoms with van der Waals surface area (Å²) in [4.78, 5) is 15.5. The number of rotatable bonds is 5. The van der Waals surface area contributed by atoms with Gasteiger partial charge < -0.3 is 9.42 Å². The Balaban J connectivity index is 1.50. The first-order valence-electron chi connectivity index (χ1n) is 10.1. The molecule has 0 amide bonds. The molecule has 0 N–H and O–H groups in total. The van der Waals surface area contributed by atoms with Crippen molar-refractivity contribution in [2.45, 2.75) is 32.6 Å². The monoisotopic (exact) mass is 459 g/mol. The third-order valence-corrected chi connectivity index (χ3v) is 8.95. The van der Waals surface area contributed by atoms with Gasteiger partial charge in [-0.3, -0.25) is 4.79 Å². The molecule has 1 aliphatic heterocycles. The zero-order valence-electron chi connectivity index (χ0n) is 18.0. The molecule has 0 radical (unpaired) electrons. The second-order valence-electron chi connectivity index (χ2n) is 7.75. The van der Waals surface area contributed by atoms with E-state index in [-0.39, 0.29) is 5.78 Å². The number of hydrogen-bond donors (Lipinski definition) is 0. The fourth-order valence-electron chi connectivity index (χ4n) is 3.71. The van der Waals surface area contributed by atoms with Crippen molar-refractivity contribution in [2.75, 3.05) is 31.1 Å². The third kappa shape index (κ3) is 4.05. The highest BCUT2D eigenvalue weighted by molar-refractivity contribution is 7.89. The highest BCUT2D eigenvalue weighted by Gasteiger charge is 2.31. The Morgan fingerprint density at radius 1 is 1.06 bits per heavy atom. The van der Waals surface area contributed by atoms with Gasteiger partial charge in [0.15, 0.2) is 11.5 Å². The lowest BCUT2D eigenvalue weighted by Gasteiger charge is -2.35. The summed E-state index contributed by atoms with van der Waals surface area (Å²) in [6.45, 7) is 9.15. The number of carbonyl (C=O) groups is 1. The van der Waals surface area contributed by atoms with E-state index in [0.717, 1.165) is 26.7 Å². The van der Waals surface area contributed by atoms with Crippen LogP contribution in [-0.2, 0) is 10.0 Å². The highest BCUT2D eigenvalue weighted by Crippen LogP contribution is 2.37. The van der Waals surface area contributed by atoms with E-state index in [0.29, 0.717) is 42.4 Å². The summed E-state index contributed by atoms with van der Waals surface area (Å²) in [5.41, 5.74) is 3.39. The van der Waals surface area contributed by atoms with Gasteiger partial charge in [-0.1, -0.05) is 5.16 Å². The topological polar surface area (TPSA) is 83.7 Å². The summed E-state index contributed by atoms with van der Waals surface area (Å²) < 4.78 is 33.6. The molecule has 1 saturated heterocycles. The van der Waals surface area contributed by atoms with Crippen LogP contribution in [-0.4, -0.2) is 49.8 Å². The van der Waals surface area contributed by atoms with Crippen molar-refractivity contribution >= 4 is 32.8 Å². The maximum atomic E-state index is 13.3. The van der Waals surface area contributed by atoms with Gasteiger partial charge in [-0.15, -0.1) is 11.3 Å². The number of aryl methyl sites for hydroxylation is 2. The number of carbonyl (C=O) groups excluding carboxylic acids is 1. The average Bonchev–Trinajstić information content (AvgIpc) is 3.30. The van der Waals surface area contributed by atoms with Crippen LogP contribution in [0.4, 0.5) is 5.69 Å². The van der Waals surface area contributed by atoms with E-state index < -0.39 is 10.0 Å².